The average molecular weight is 374 g/mol. The molecule has 0 aromatic carbocycles. The summed E-state index contributed by atoms with van der Waals surface area (Å²) in [7, 11) is 0. The highest BCUT2D eigenvalue weighted by atomic mass is 16.5. The van der Waals surface area contributed by atoms with Crippen LogP contribution in [0, 0.1) is 26.7 Å². The van der Waals surface area contributed by atoms with E-state index in [9.17, 15) is 4.79 Å². The Kier molecular flexibility index (Phi) is 6.15. The van der Waals surface area contributed by atoms with Crippen molar-refractivity contribution in [2.75, 3.05) is 32.7 Å². The van der Waals surface area contributed by atoms with Crippen molar-refractivity contribution in [1.29, 1.82) is 0 Å². The molecule has 3 rings (SSSR count). The number of nitrogens with one attached hydrogen (secondary N) is 1. The number of rotatable bonds is 6. The lowest BCUT2D eigenvalue weighted by molar-refractivity contribution is 0.132. The lowest BCUT2D eigenvalue weighted by Gasteiger charge is -2.34. The molecule has 0 bridgehead atoms. The molecule has 1 aliphatic heterocycles. The van der Waals surface area contributed by atoms with E-state index in [-0.39, 0.29) is 6.03 Å². The van der Waals surface area contributed by atoms with Gasteiger partial charge in [0.2, 0.25) is 0 Å². The maximum Gasteiger partial charge on any atom is 0.317 e. The van der Waals surface area contributed by atoms with Gasteiger partial charge in [-0.3, -0.25) is 9.58 Å². The minimum Gasteiger partial charge on any atom is -0.361 e. The van der Waals surface area contributed by atoms with Gasteiger partial charge >= 0.3 is 6.03 Å². The van der Waals surface area contributed by atoms with E-state index in [4.69, 9.17) is 4.52 Å². The number of piperazine rings is 1. The summed E-state index contributed by atoms with van der Waals surface area (Å²) in [5.41, 5.74) is 3.13. The highest BCUT2D eigenvalue weighted by Gasteiger charge is 2.22. The first-order valence-corrected chi connectivity index (χ1v) is 9.59. The molecule has 2 aromatic rings. The fourth-order valence-corrected chi connectivity index (χ4v) is 3.42. The van der Waals surface area contributed by atoms with E-state index in [1.54, 1.807) is 0 Å². The Bertz CT molecular complexity index is 760. The smallest absolute Gasteiger partial charge is 0.317 e. The molecule has 1 atom stereocenters. The summed E-state index contributed by atoms with van der Waals surface area (Å²) >= 11 is 0. The molecular formula is C19H30N6O2. The number of hydrogen-bond donors (Lipinski definition) is 1. The van der Waals surface area contributed by atoms with Gasteiger partial charge in [-0.25, -0.2) is 4.79 Å². The van der Waals surface area contributed by atoms with Crippen LogP contribution in [0.15, 0.2) is 16.7 Å². The predicted molar refractivity (Wildman–Crippen MR) is 102 cm³/mol. The molecule has 148 valence electrons. The Morgan fingerprint density at radius 3 is 2.56 bits per heavy atom. The van der Waals surface area contributed by atoms with E-state index in [0.29, 0.717) is 12.5 Å². The standard InChI is InChI=1S/C19H30N6O2/c1-14(12-25-16(3)9-15(2)21-25)11-20-19(26)24-7-5-23(6-8-24)13-18-10-17(4)27-22-18/h9-10,14H,5-8,11-13H2,1-4H3,(H,20,26). The molecule has 8 heteroatoms. The van der Waals surface area contributed by atoms with Crippen LogP contribution in [0.25, 0.3) is 0 Å². The molecule has 2 aromatic heterocycles. The average Bonchev–Trinajstić information content (AvgIpc) is 3.18. The van der Waals surface area contributed by atoms with Crippen molar-refractivity contribution in [3.63, 3.8) is 0 Å². The van der Waals surface area contributed by atoms with E-state index < -0.39 is 0 Å². The topological polar surface area (TPSA) is 79.4 Å². The van der Waals surface area contributed by atoms with Crippen molar-refractivity contribution < 1.29 is 9.32 Å². The minimum absolute atomic E-state index is 0.0205. The van der Waals surface area contributed by atoms with Gasteiger partial charge in [-0.05, 0) is 32.8 Å². The van der Waals surface area contributed by atoms with Crippen LogP contribution in [0.5, 0.6) is 0 Å². The van der Waals surface area contributed by atoms with Crippen molar-refractivity contribution >= 4 is 6.03 Å². The molecule has 1 fully saturated rings. The number of urea groups is 1. The van der Waals surface area contributed by atoms with Crippen LogP contribution >= 0.6 is 0 Å². The molecular weight excluding hydrogens is 344 g/mol. The summed E-state index contributed by atoms with van der Waals surface area (Å²) in [5, 5.41) is 11.6. The summed E-state index contributed by atoms with van der Waals surface area (Å²) in [6.45, 7) is 13.5. The number of aromatic nitrogens is 3. The zero-order chi connectivity index (χ0) is 19.4. The van der Waals surface area contributed by atoms with Gasteiger partial charge in [0.1, 0.15) is 5.76 Å². The molecule has 3 heterocycles. The maximum absolute atomic E-state index is 12.4. The molecule has 0 saturated carbocycles. The minimum atomic E-state index is 0.0205. The van der Waals surface area contributed by atoms with Crippen LogP contribution in [0.4, 0.5) is 4.79 Å². The van der Waals surface area contributed by atoms with Gasteiger partial charge in [-0.15, -0.1) is 0 Å². The Labute approximate surface area is 160 Å². The van der Waals surface area contributed by atoms with Crippen LogP contribution in [0.2, 0.25) is 0 Å². The van der Waals surface area contributed by atoms with Crippen LogP contribution in [0.3, 0.4) is 0 Å². The highest BCUT2D eigenvalue weighted by Crippen LogP contribution is 2.10. The summed E-state index contributed by atoms with van der Waals surface area (Å²) < 4.78 is 7.12. The highest BCUT2D eigenvalue weighted by molar-refractivity contribution is 5.74. The fourth-order valence-electron chi connectivity index (χ4n) is 3.42. The van der Waals surface area contributed by atoms with Gasteiger partial charge in [-0.2, -0.15) is 5.10 Å². The molecule has 8 nitrogen and oxygen atoms in total. The molecule has 0 spiro atoms. The Morgan fingerprint density at radius 2 is 1.96 bits per heavy atom. The first-order chi connectivity index (χ1) is 12.9. The van der Waals surface area contributed by atoms with Crippen molar-refractivity contribution in [2.45, 2.75) is 40.8 Å². The molecule has 1 aliphatic rings. The first kappa shape index (κ1) is 19.4. The summed E-state index contributed by atoms with van der Waals surface area (Å²) in [6.07, 6.45) is 0. The monoisotopic (exact) mass is 374 g/mol. The second-order valence-corrected chi connectivity index (χ2v) is 7.59. The van der Waals surface area contributed by atoms with Crippen molar-refractivity contribution in [2.24, 2.45) is 5.92 Å². The number of nitrogens with zero attached hydrogens (tertiary/aromatic N) is 5. The van der Waals surface area contributed by atoms with Gasteiger partial charge in [0.15, 0.2) is 0 Å². The summed E-state index contributed by atoms with van der Waals surface area (Å²) in [4.78, 5) is 16.6. The van der Waals surface area contributed by atoms with E-state index in [1.165, 1.54) is 0 Å². The van der Waals surface area contributed by atoms with E-state index in [2.05, 4.69) is 40.4 Å². The molecule has 2 amide bonds. The Hall–Kier alpha value is -2.35. The maximum atomic E-state index is 12.4. The largest absolute Gasteiger partial charge is 0.361 e. The third-order valence-corrected chi connectivity index (χ3v) is 4.91. The number of carbonyl (C=O) groups excluding carboxylic acids is 1. The Morgan fingerprint density at radius 1 is 1.22 bits per heavy atom. The second kappa shape index (κ2) is 8.56. The normalized spacial score (nSPS) is 16.5. The van der Waals surface area contributed by atoms with E-state index >= 15 is 0 Å². The first-order valence-electron chi connectivity index (χ1n) is 9.59. The molecule has 1 N–H and O–H groups in total. The van der Waals surface area contributed by atoms with Gasteiger partial charge < -0.3 is 14.7 Å². The number of aryl methyl sites for hydroxylation is 3. The molecule has 0 radical (unpaired) electrons. The van der Waals surface area contributed by atoms with Gasteiger partial charge in [0.05, 0.1) is 11.4 Å². The number of hydrogen-bond acceptors (Lipinski definition) is 5. The third-order valence-electron chi connectivity index (χ3n) is 4.91. The van der Waals surface area contributed by atoms with Gasteiger partial charge in [-0.1, -0.05) is 12.1 Å². The predicted octanol–water partition coefficient (Wildman–Crippen LogP) is 1.96. The van der Waals surface area contributed by atoms with Crippen LogP contribution in [-0.2, 0) is 13.1 Å². The number of carbonyl (C=O) groups is 1. The van der Waals surface area contributed by atoms with Crippen molar-refractivity contribution in [1.82, 2.24) is 30.1 Å². The molecule has 27 heavy (non-hydrogen) atoms. The fraction of sp³-hybridized carbons (Fsp3) is 0.632. The van der Waals surface area contributed by atoms with Gasteiger partial charge in [0.25, 0.3) is 0 Å². The lowest BCUT2D eigenvalue weighted by Crippen LogP contribution is -2.52. The quantitative estimate of drug-likeness (QED) is 0.836. The summed E-state index contributed by atoms with van der Waals surface area (Å²) in [6, 6.07) is 4.06. The molecule has 1 unspecified atom stereocenters. The SMILES string of the molecule is Cc1cc(C)n(CC(C)CNC(=O)N2CCN(Cc3cc(C)on3)CC2)n1. The lowest BCUT2D eigenvalue weighted by atomic mass is 10.2. The third kappa shape index (κ3) is 5.32. The van der Waals surface area contributed by atoms with E-state index in [0.717, 1.165) is 62.1 Å². The van der Waals surface area contributed by atoms with Crippen LogP contribution < -0.4 is 5.32 Å². The van der Waals surface area contributed by atoms with Gasteiger partial charge in [0, 0.05) is 57.6 Å². The van der Waals surface area contributed by atoms with Crippen LogP contribution in [0.1, 0.15) is 29.8 Å². The molecule has 0 aliphatic carbocycles. The van der Waals surface area contributed by atoms with Crippen molar-refractivity contribution in [3.8, 4) is 0 Å². The zero-order valence-corrected chi connectivity index (χ0v) is 16.7. The summed E-state index contributed by atoms with van der Waals surface area (Å²) in [5.74, 6) is 1.15. The Balaban J connectivity index is 1.38. The van der Waals surface area contributed by atoms with Crippen LogP contribution in [-0.4, -0.2) is 63.5 Å². The van der Waals surface area contributed by atoms with E-state index in [1.807, 2.05) is 29.5 Å². The molecule has 1 saturated heterocycles. The zero-order valence-electron chi connectivity index (χ0n) is 16.7. The number of amides is 2. The van der Waals surface area contributed by atoms with Crippen molar-refractivity contribution in [3.05, 3.63) is 35.0 Å². The second-order valence-electron chi connectivity index (χ2n) is 7.59.